The number of nitrogens with two attached hydrogens (primary N) is 1. The molecule has 0 saturated carbocycles. The topological polar surface area (TPSA) is 44.5 Å². The third kappa shape index (κ3) is 2.25. The van der Waals surface area contributed by atoms with E-state index in [0.29, 0.717) is 13.2 Å². The standard InChI is InChI=1S/C13H15NO2/c1-15-12-4-2-11-9-13(16-7-6-14)5-3-10(11)8-12/h2-5,8-9H,6-7,14H2,1H3. The van der Waals surface area contributed by atoms with Crippen LogP contribution in [-0.4, -0.2) is 20.3 Å². The first-order chi connectivity index (χ1) is 7.83. The largest absolute Gasteiger partial charge is 0.497 e. The van der Waals surface area contributed by atoms with Crippen molar-refractivity contribution in [2.75, 3.05) is 20.3 Å². The molecule has 0 spiro atoms. The fourth-order valence-electron chi connectivity index (χ4n) is 1.60. The molecule has 2 aromatic carbocycles. The second-order valence-electron chi connectivity index (χ2n) is 3.51. The first-order valence-corrected chi connectivity index (χ1v) is 5.24. The van der Waals surface area contributed by atoms with Crippen molar-refractivity contribution in [3.63, 3.8) is 0 Å². The molecule has 2 rings (SSSR count). The molecule has 0 radical (unpaired) electrons. The summed E-state index contributed by atoms with van der Waals surface area (Å²) in [5.74, 6) is 1.71. The maximum absolute atomic E-state index is 5.46. The summed E-state index contributed by atoms with van der Waals surface area (Å²) in [6.45, 7) is 1.07. The number of methoxy groups -OCH3 is 1. The van der Waals surface area contributed by atoms with Crippen LogP contribution in [0.1, 0.15) is 0 Å². The second-order valence-corrected chi connectivity index (χ2v) is 3.51. The van der Waals surface area contributed by atoms with Crippen LogP contribution in [0.15, 0.2) is 36.4 Å². The highest BCUT2D eigenvalue weighted by atomic mass is 16.5. The van der Waals surface area contributed by atoms with E-state index in [0.717, 1.165) is 22.3 Å². The average Bonchev–Trinajstić information content (AvgIpc) is 2.35. The molecule has 84 valence electrons. The first-order valence-electron chi connectivity index (χ1n) is 5.24. The van der Waals surface area contributed by atoms with E-state index in [4.69, 9.17) is 15.2 Å². The number of ether oxygens (including phenoxy) is 2. The Morgan fingerprint density at radius 1 is 1.00 bits per heavy atom. The minimum atomic E-state index is 0.528. The van der Waals surface area contributed by atoms with Gasteiger partial charge in [-0.1, -0.05) is 12.1 Å². The average molecular weight is 217 g/mol. The lowest BCUT2D eigenvalue weighted by molar-refractivity contribution is 0.329. The maximum Gasteiger partial charge on any atom is 0.120 e. The van der Waals surface area contributed by atoms with Gasteiger partial charge < -0.3 is 15.2 Å². The minimum absolute atomic E-state index is 0.528. The monoisotopic (exact) mass is 217 g/mol. The van der Waals surface area contributed by atoms with Crippen LogP contribution in [0, 0.1) is 0 Å². The Labute approximate surface area is 94.8 Å². The van der Waals surface area contributed by atoms with Crippen LogP contribution in [0.25, 0.3) is 10.8 Å². The van der Waals surface area contributed by atoms with E-state index < -0.39 is 0 Å². The lowest BCUT2D eigenvalue weighted by Gasteiger charge is -2.06. The third-order valence-corrected chi connectivity index (χ3v) is 2.41. The summed E-state index contributed by atoms with van der Waals surface area (Å²) in [6.07, 6.45) is 0. The van der Waals surface area contributed by atoms with Gasteiger partial charge in [-0.2, -0.15) is 0 Å². The van der Waals surface area contributed by atoms with Gasteiger partial charge in [0, 0.05) is 6.54 Å². The van der Waals surface area contributed by atoms with Crippen molar-refractivity contribution in [3.8, 4) is 11.5 Å². The SMILES string of the molecule is COc1ccc2cc(OCCN)ccc2c1. The van der Waals surface area contributed by atoms with Gasteiger partial charge in [0.25, 0.3) is 0 Å². The Bertz CT molecular complexity index is 482. The van der Waals surface area contributed by atoms with Crippen molar-refractivity contribution in [2.45, 2.75) is 0 Å². The lowest BCUT2D eigenvalue weighted by atomic mass is 10.1. The highest BCUT2D eigenvalue weighted by Gasteiger charge is 1.99. The van der Waals surface area contributed by atoms with E-state index in [2.05, 4.69) is 0 Å². The molecule has 0 aliphatic carbocycles. The van der Waals surface area contributed by atoms with Crippen LogP contribution >= 0.6 is 0 Å². The van der Waals surface area contributed by atoms with Crippen LogP contribution in [0.4, 0.5) is 0 Å². The number of rotatable bonds is 4. The smallest absolute Gasteiger partial charge is 0.120 e. The summed E-state index contributed by atoms with van der Waals surface area (Å²) in [7, 11) is 1.67. The molecular formula is C13H15NO2. The zero-order chi connectivity index (χ0) is 11.4. The summed E-state index contributed by atoms with van der Waals surface area (Å²) in [4.78, 5) is 0. The van der Waals surface area contributed by atoms with Gasteiger partial charge in [0.1, 0.15) is 18.1 Å². The summed E-state index contributed by atoms with van der Waals surface area (Å²) in [6, 6.07) is 11.9. The highest BCUT2D eigenvalue weighted by Crippen LogP contribution is 2.24. The fourth-order valence-corrected chi connectivity index (χ4v) is 1.60. The molecule has 3 nitrogen and oxygen atoms in total. The molecule has 2 N–H and O–H groups in total. The predicted octanol–water partition coefficient (Wildman–Crippen LogP) is 2.19. The molecule has 0 unspecified atom stereocenters. The Morgan fingerprint density at radius 2 is 1.62 bits per heavy atom. The van der Waals surface area contributed by atoms with Crippen molar-refractivity contribution in [2.24, 2.45) is 5.73 Å². The Kier molecular flexibility index (Phi) is 3.27. The van der Waals surface area contributed by atoms with Gasteiger partial charge in [-0.3, -0.25) is 0 Å². The molecule has 0 aromatic heterocycles. The molecule has 3 heteroatoms. The molecule has 0 fully saturated rings. The fraction of sp³-hybridized carbons (Fsp3) is 0.231. The van der Waals surface area contributed by atoms with Gasteiger partial charge in [-0.05, 0) is 35.0 Å². The summed E-state index contributed by atoms with van der Waals surface area (Å²) in [5, 5.41) is 2.27. The molecule has 0 atom stereocenters. The van der Waals surface area contributed by atoms with Crippen molar-refractivity contribution in [1.82, 2.24) is 0 Å². The molecule has 0 bridgehead atoms. The first kappa shape index (κ1) is 10.8. The number of hydrogen-bond donors (Lipinski definition) is 1. The number of benzene rings is 2. The second kappa shape index (κ2) is 4.86. The predicted molar refractivity (Wildman–Crippen MR) is 65.0 cm³/mol. The zero-order valence-corrected chi connectivity index (χ0v) is 9.27. The van der Waals surface area contributed by atoms with Crippen molar-refractivity contribution in [3.05, 3.63) is 36.4 Å². The molecule has 0 aliphatic heterocycles. The molecule has 0 amide bonds. The quantitative estimate of drug-likeness (QED) is 0.853. The van der Waals surface area contributed by atoms with E-state index in [1.54, 1.807) is 7.11 Å². The van der Waals surface area contributed by atoms with Gasteiger partial charge in [0.15, 0.2) is 0 Å². The maximum atomic E-state index is 5.46. The molecule has 0 saturated heterocycles. The van der Waals surface area contributed by atoms with E-state index in [9.17, 15) is 0 Å². The van der Waals surface area contributed by atoms with Crippen molar-refractivity contribution < 1.29 is 9.47 Å². The third-order valence-electron chi connectivity index (χ3n) is 2.41. The number of hydrogen-bond acceptors (Lipinski definition) is 3. The zero-order valence-electron chi connectivity index (χ0n) is 9.27. The van der Waals surface area contributed by atoms with E-state index >= 15 is 0 Å². The van der Waals surface area contributed by atoms with Crippen LogP contribution in [0.5, 0.6) is 11.5 Å². The van der Waals surface area contributed by atoms with Crippen LogP contribution < -0.4 is 15.2 Å². The molecule has 0 heterocycles. The number of fused-ring (bicyclic) bond motifs is 1. The van der Waals surface area contributed by atoms with Gasteiger partial charge in [0.05, 0.1) is 7.11 Å². The van der Waals surface area contributed by atoms with Gasteiger partial charge in [0.2, 0.25) is 0 Å². The van der Waals surface area contributed by atoms with Crippen LogP contribution in [-0.2, 0) is 0 Å². The minimum Gasteiger partial charge on any atom is -0.497 e. The molecular weight excluding hydrogens is 202 g/mol. The Hall–Kier alpha value is -1.74. The summed E-state index contributed by atoms with van der Waals surface area (Å²) < 4.78 is 10.6. The normalized spacial score (nSPS) is 10.4. The van der Waals surface area contributed by atoms with Gasteiger partial charge in [-0.25, -0.2) is 0 Å². The highest BCUT2D eigenvalue weighted by molar-refractivity contribution is 5.85. The van der Waals surface area contributed by atoms with E-state index in [1.807, 2.05) is 36.4 Å². The lowest BCUT2D eigenvalue weighted by Crippen LogP contribution is -2.10. The van der Waals surface area contributed by atoms with Gasteiger partial charge >= 0.3 is 0 Å². The van der Waals surface area contributed by atoms with Crippen molar-refractivity contribution >= 4 is 10.8 Å². The summed E-state index contributed by atoms with van der Waals surface area (Å²) in [5.41, 5.74) is 5.39. The van der Waals surface area contributed by atoms with Crippen LogP contribution in [0.3, 0.4) is 0 Å². The molecule has 2 aromatic rings. The van der Waals surface area contributed by atoms with Crippen molar-refractivity contribution in [1.29, 1.82) is 0 Å². The molecule has 0 aliphatic rings. The Morgan fingerprint density at radius 3 is 2.25 bits per heavy atom. The van der Waals surface area contributed by atoms with Crippen LogP contribution in [0.2, 0.25) is 0 Å². The Balaban J connectivity index is 2.32. The molecule has 16 heavy (non-hydrogen) atoms. The van der Waals surface area contributed by atoms with Gasteiger partial charge in [-0.15, -0.1) is 0 Å². The summed E-state index contributed by atoms with van der Waals surface area (Å²) >= 11 is 0. The van der Waals surface area contributed by atoms with E-state index in [-0.39, 0.29) is 0 Å². The van der Waals surface area contributed by atoms with E-state index in [1.165, 1.54) is 0 Å².